The highest BCUT2D eigenvalue weighted by atomic mass is 32.2. The van der Waals surface area contributed by atoms with Gasteiger partial charge >= 0.3 is 0 Å². The molecule has 2 nitrogen and oxygen atoms in total. The van der Waals surface area contributed by atoms with Crippen LogP contribution in [0.1, 0.15) is 17.7 Å². The van der Waals surface area contributed by atoms with Crippen LogP contribution in [-0.2, 0) is 7.05 Å². The number of thioether (sulfide) groups is 1. The maximum atomic E-state index is 13.8. The predicted octanol–water partition coefficient (Wildman–Crippen LogP) is 4.70. The van der Waals surface area contributed by atoms with E-state index in [1.807, 2.05) is 42.8 Å². The molecule has 0 saturated heterocycles. The lowest BCUT2D eigenvalue weighted by Gasteiger charge is -2.12. The smallest absolute Gasteiger partial charge is 0.169 e. The lowest BCUT2D eigenvalue weighted by molar-refractivity contribution is 0.572. The SMILES string of the molecule is CC(Sc1nc2ccccc2n1C)c1ccc(F)cc1F. The van der Waals surface area contributed by atoms with Crippen LogP contribution in [-0.4, -0.2) is 9.55 Å². The van der Waals surface area contributed by atoms with Crippen LogP contribution >= 0.6 is 11.8 Å². The third-order valence-electron chi connectivity index (χ3n) is 3.43. The molecule has 1 heterocycles. The molecule has 5 heteroatoms. The number of fused-ring (bicyclic) bond motifs is 1. The van der Waals surface area contributed by atoms with Gasteiger partial charge in [-0.05, 0) is 25.1 Å². The summed E-state index contributed by atoms with van der Waals surface area (Å²) in [5, 5.41) is 0.661. The van der Waals surface area contributed by atoms with Gasteiger partial charge in [-0.1, -0.05) is 30.0 Å². The Morgan fingerprint density at radius 3 is 2.62 bits per heavy atom. The summed E-state index contributed by atoms with van der Waals surface area (Å²) in [7, 11) is 1.94. The summed E-state index contributed by atoms with van der Waals surface area (Å²) in [4.78, 5) is 4.55. The number of nitrogens with zero attached hydrogens (tertiary/aromatic N) is 2. The molecule has 0 amide bonds. The van der Waals surface area contributed by atoms with Gasteiger partial charge in [0.15, 0.2) is 5.16 Å². The average molecular weight is 304 g/mol. The van der Waals surface area contributed by atoms with Crippen molar-refractivity contribution in [3.8, 4) is 0 Å². The first-order chi connectivity index (χ1) is 10.1. The number of benzene rings is 2. The van der Waals surface area contributed by atoms with E-state index in [0.717, 1.165) is 22.3 Å². The Hall–Kier alpha value is -1.88. The number of para-hydroxylation sites is 2. The second kappa shape index (κ2) is 5.48. The van der Waals surface area contributed by atoms with Crippen LogP contribution in [0.5, 0.6) is 0 Å². The first-order valence-corrected chi connectivity index (χ1v) is 7.47. The molecule has 2 aromatic carbocycles. The van der Waals surface area contributed by atoms with Crippen molar-refractivity contribution in [1.29, 1.82) is 0 Å². The molecule has 1 aromatic heterocycles. The van der Waals surface area contributed by atoms with Gasteiger partial charge < -0.3 is 4.57 Å². The number of aromatic nitrogens is 2. The fourth-order valence-corrected chi connectivity index (χ4v) is 3.32. The van der Waals surface area contributed by atoms with E-state index in [1.165, 1.54) is 23.9 Å². The third-order valence-corrected chi connectivity index (χ3v) is 4.61. The van der Waals surface area contributed by atoms with Crippen molar-refractivity contribution < 1.29 is 8.78 Å². The lowest BCUT2D eigenvalue weighted by atomic mass is 10.1. The van der Waals surface area contributed by atoms with Crippen LogP contribution in [0, 0.1) is 11.6 Å². The minimum Gasteiger partial charge on any atom is -0.322 e. The van der Waals surface area contributed by atoms with Gasteiger partial charge in [0.2, 0.25) is 0 Å². The minimum absolute atomic E-state index is 0.152. The summed E-state index contributed by atoms with van der Waals surface area (Å²) >= 11 is 1.46. The molecule has 0 N–H and O–H groups in total. The number of halogens is 2. The molecule has 21 heavy (non-hydrogen) atoms. The van der Waals surface area contributed by atoms with Crippen molar-refractivity contribution in [2.75, 3.05) is 0 Å². The summed E-state index contributed by atoms with van der Waals surface area (Å²) in [5.41, 5.74) is 2.43. The van der Waals surface area contributed by atoms with Crippen molar-refractivity contribution >= 4 is 22.8 Å². The number of aryl methyl sites for hydroxylation is 1. The Balaban J connectivity index is 1.92. The van der Waals surface area contributed by atoms with Gasteiger partial charge in [0.25, 0.3) is 0 Å². The van der Waals surface area contributed by atoms with E-state index in [0.29, 0.717) is 5.56 Å². The zero-order valence-electron chi connectivity index (χ0n) is 11.7. The molecule has 1 atom stereocenters. The predicted molar refractivity (Wildman–Crippen MR) is 81.3 cm³/mol. The molecule has 0 spiro atoms. The molecule has 0 aliphatic heterocycles. The molecular weight excluding hydrogens is 290 g/mol. The molecule has 0 saturated carbocycles. The Morgan fingerprint density at radius 1 is 1.14 bits per heavy atom. The Bertz CT molecular complexity index is 798. The third kappa shape index (κ3) is 2.65. The summed E-state index contributed by atoms with van der Waals surface area (Å²) in [6.45, 7) is 1.89. The van der Waals surface area contributed by atoms with E-state index in [-0.39, 0.29) is 5.25 Å². The van der Waals surface area contributed by atoms with Gasteiger partial charge in [0, 0.05) is 23.9 Å². The summed E-state index contributed by atoms with van der Waals surface area (Å²) in [6, 6.07) is 11.5. The first-order valence-electron chi connectivity index (χ1n) is 6.59. The number of hydrogen-bond donors (Lipinski definition) is 0. The van der Waals surface area contributed by atoms with Crippen molar-refractivity contribution in [3.05, 3.63) is 59.7 Å². The van der Waals surface area contributed by atoms with Gasteiger partial charge in [-0.3, -0.25) is 0 Å². The van der Waals surface area contributed by atoms with E-state index in [2.05, 4.69) is 4.98 Å². The molecule has 0 aliphatic rings. The standard InChI is InChI=1S/C16H14F2N2S/c1-10(12-8-7-11(17)9-13(12)18)21-16-19-14-5-3-4-6-15(14)20(16)2/h3-10H,1-2H3. The fourth-order valence-electron chi connectivity index (χ4n) is 2.28. The van der Waals surface area contributed by atoms with Crippen LogP contribution in [0.3, 0.4) is 0 Å². The first kappa shape index (κ1) is 14.1. The molecule has 3 aromatic rings. The van der Waals surface area contributed by atoms with Crippen LogP contribution in [0.15, 0.2) is 47.6 Å². The van der Waals surface area contributed by atoms with Crippen molar-refractivity contribution in [3.63, 3.8) is 0 Å². The van der Waals surface area contributed by atoms with Gasteiger partial charge in [-0.2, -0.15) is 0 Å². The van der Waals surface area contributed by atoms with Crippen LogP contribution in [0.25, 0.3) is 11.0 Å². The summed E-state index contributed by atoms with van der Waals surface area (Å²) in [6.07, 6.45) is 0. The second-order valence-electron chi connectivity index (χ2n) is 4.87. The van der Waals surface area contributed by atoms with Crippen LogP contribution < -0.4 is 0 Å². The largest absolute Gasteiger partial charge is 0.322 e. The fraction of sp³-hybridized carbons (Fsp3) is 0.188. The number of hydrogen-bond acceptors (Lipinski definition) is 2. The monoisotopic (exact) mass is 304 g/mol. The van der Waals surface area contributed by atoms with Crippen molar-refractivity contribution in [2.24, 2.45) is 7.05 Å². The Morgan fingerprint density at radius 2 is 1.90 bits per heavy atom. The molecule has 0 radical (unpaired) electrons. The van der Waals surface area contributed by atoms with Gasteiger partial charge in [0.05, 0.1) is 11.0 Å². The van der Waals surface area contributed by atoms with Crippen LogP contribution in [0.2, 0.25) is 0 Å². The number of rotatable bonds is 3. The van der Waals surface area contributed by atoms with Gasteiger partial charge in [-0.25, -0.2) is 13.8 Å². The van der Waals surface area contributed by atoms with E-state index < -0.39 is 11.6 Å². The minimum atomic E-state index is -0.559. The topological polar surface area (TPSA) is 17.8 Å². The normalized spacial score (nSPS) is 12.8. The highest BCUT2D eigenvalue weighted by molar-refractivity contribution is 7.99. The molecule has 108 valence electrons. The quantitative estimate of drug-likeness (QED) is 0.652. The van der Waals surface area contributed by atoms with E-state index in [4.69, 9.17) is 0 Å². The van der Waals surface area contributed by atoms with Crippen molar-refractivity contribution in [2.45, 2.75) is 17.3 Å². The molecule has 1 unspecified atom stereocenters. The van der Waals surface area contributed by atoms with E-state index in [1.54, 1.807) is 0 Å². The van der Waals surface area contributed by atoms with Crippen LogP contribution in [0.4, 0.5) is 8.78 Å². The summed E-state index contributed by atoms with van der Waals surface area (Å²) in [5.74, 6) is -1.08. The molecule has 0 fully saturated rings. The van der Waals surface area contributed by atoms with Gasteiger partial charge in [-0.15, -0.1) is 0 Å². The number of imidazole rings is 1. The second-order valence-corrected chi connectivity index (χ2v) is 6.18. The molecule has 0 bridgehead atoms. The molecular formula is C16H14F2N2S. The molecule has 0 aliphatic carbocycles. The summed E-state index contributed by atoms with van der Waals surface area (Å²) < 4.78 is 28.8. The molecule has 3 rings (SSSR count). The highest BCUT2D eigenvalue weighted by Gasteiger charge is 2.16. The Kier molecular flexibility index (Phi) is 3.68. The lowest BCUT2D eigenvalue weighted by Crippen LogP contribution is -1.97. The van der Waals surface area contributed by atoms with Crippen molar-refractivity contribution in [1.82, 2.24) is 9.55 Å². The Labute approximate surface area is 125 Å². The average Bonchev–Trinajstić information content (AvgIpc) is 2.76. The zero-order valence-corrected chi connectivity index (χ0v) is 12.5. The highest BCUT2D eigenvalue weighted by Crippen LogP contribution is 2.36. The van der Waals surface area contributed by atoms with E-state index >= 15 is 0 Å². The maximum Gasteiger partial charge on any atom is 0.169 e. The van der Waals surface area contributed by atoms with Gasteiger partial charge in [0.1, 0.15) is 11.6 Å². The maximum absolute atomic E-state index is 13.8. The zero-order chi connectivity index (χ0) is 15.0. The van der Waals surface area contributed by atoms with E-state index in [9.17, 15) is 8.78 Å².